The van der Waals surface area contributed by atoms with Crippen molar-refractivity contribution in [1.82, 2.24) is 0 Å². The van der Waals surface area contributed by atoms with Crippen LogP contribution in [0.1, 0.15) is 65.4 Å². The van der Waals surface area contributed by atoms with Crippen molar-refractivity contribution in [2.24, 2.45) is 11.8 Å². The first-order valence-electron chi connectivity index (χ1n) is 10.1. The van der Waals surface area contributed by atoms with Gasteiger partial charge in [-0.2, -0.15) is 0 Å². The van der Waals surface area contributed by atoms with E-state index in [2.05, 4.69) is 13.8 Å². The summed E-state index contributed by atoms with van der Waals surface area (Å²) in [5.74, 6) is -1.91. The molecule has 1 aromatic carbocycles. The quantitative estimate of drug-likeness (QED) is 0.673. The van der Waals surface area contributed by atoms with Crippen LogP contribution in [-0.4, -0.2) is 33.7 Å². The Hall–Kier alpha value is -1.43. The van der Waals surface area contributed by atoms with Crippen LogP contribution in [0, 0.1) is 11.8 Å². The molecule has 1 aliphatic rings. The van der Waals surface area contributed by atoms with Crippen molar-refractivity contribution in [2.75, 3.05) is 0 Å². The zero-order valence-electron chi connectivity index (χ0n) is 17.0. The molecular formula is C22H34O5. The summed E-state index contributed by atoms with van der Waals surface area (Å²) in [5, 5.41) is 21.8. The highest BCUT2D eigenvalue weighted by Crippen LogP contribution is 2.41. The fourth-order valence-corrected chi connectivity index (χ4v) is 3.72. The lowest BCUT2D eigenvalue weighted by molar-refractivity contribution is -0.333. The van der Waals surface area contributed by atoms with Crippen molar-refractivity contribution in [2.45, 2.75) is 83.9 Å². The van der Waals surface area contributed by atoms with Crippen LogP contribution in [0.15, 0.2) is 30.3 Å². The maximum Gasteiger partial charge on any atom is 0.343 e. The number of carbonyl (C=O) groups is 1. The standard InChI is InChI=1S/C22H34O5/c1-5-16(3)14-18-12-13-22(25,27-19(18)6-2)21(4,24)20(23)26-15-17-10-8-7-9-11-17/h7-11,16,18-19,24-25H,5-6,12-15H2,1-4H3/t16-,18+,19+,21+,22+/m0/s1. The molecule has 0 amide bonds. The molecular weight excluding hydrogens is 344 g/mol. The van der Waals surface area contributed by atoms with Gasteiger partial charge >= 0.3 is 5.97 Å². The minimum atomic E-state index is -2.13. The Morgan fingerprint density at radius 3 is 2.63 bits per heavy atom. The Labute approximate surface area is 162 Å². The zero-order chi connectivity index (χ0) is 20.1. The van der Waals surface area contributed by atoms with E-state index in [0.29, 0.717) is 18.3 Å². The van der Waals surface area contributed by atoms with Crippen molar-refractivity contribution in [3.8, 4) is 0 Å². The number of hydrogen-bond acceptors (Lipinski definition) is 5. The van der Waals surface area contributed by atoms with E-state index in [-0.39, 0.29) is 19.1 Å². The van der Waals surface area contributed by atoms with Crippen molar-refractivity contribution in [3.05, 3.63) is 35.9 Å². The summed E-state index contributed by atoms with van der Waals surface area (Å²) in [6.07, 6.45) is 3.57. The van der Waals surface area contributed by atoms with Crippen LogP contribution in [0.5, 0.6) is 0 Å². The number of rotatable bonds is 8. The molecule has 0 spiro atoms. The molecule has 0 radical (unpaired) electrons. The first-order chi connectivity index (χ1) is 12.7. The van der Waals surface area contributed by atoms with Gasteiger partial charge in [0, 0.05) is 6.42 Å². The van der Waals surface area contributed by atoms with Crippen molar-refractivity contribution in [3.63, 3.8) is 0 Å². The van der Waals surface area contributed by atoms with Gasteiger partial charge in [-0.15, -0.1) is 0 Å². The molecule has 1 aromatic rings. The summed E-state index contributed by atoms with van der Waals surface area (Å²) < 4.78 is 11.2. The molecule has 0 aliphatic carbocycles. The number of esters is 1. The van der Waals surface area contributed by atoms with Crippen LogP contribution in [0.4, 0.5) is 0 Å². The van der Waals surface area contributed by atoms with E-state index in [9.17, 15) is 15.0 Å². The third-order valence-electron chi connectivity index (χ3n) is 5.90. The summed E-state index contributed by atoms with van der Waals surface area (Å²) >= 11 is 0. The molecule has 152 valence electrons. The van der Waals surface area contributed by atoms with E-state index in [1.807, 2.05) is 37.3 Å². The second kappa shape index (κ2) is 9.18. The Balaban J connectivity index is 2.04. The highest BCUT2D eigenvalue weighted by atomic mass is 16.7. The molecule has 27 heavy (non-hydrogen) atoms. The van der Waals surface area contributed by atoms with Gasteiger partial charge in [0.15, 0.2) is 0 Å². The minimum absolute atomic E-state index is 0.0414. The fourth-order valence-electron chi connectivity index (χ4n) is 3.72. The summed E-state index contributed by atoms with van der Waals surface area (Å²) in [4.78, 5) is 12.5. The fraction of sp³-hybridized carbons (Fsp3) is 0.682. The molecule has 5 heteroatoms. The van der Waals surface area contributed by atoms with Crippen LogP contribution >= 0.6 is 0 Å². The van der Waals surface area contributed by atoms with E-state index >= 15 is 0 Å². The first-order valence-corrected chi connectivity index (χ1v) is 10.1. The Morgan fingerprint density at radius 2 is 2.04 bits per heavy atom. The van der Waals surface area contributed by atoms with Crippen LogP contribution in [0.25, 0.3) is 0 Å². The predicted molar refractivity (Wildman–Crippen MR) is 104 cm³/mol. The van der Waals surface area contributed by atoms with Crippen molar-refractivity contribution in [1.29, 1.82) is 0 Å². The molecule has 5 atom stereocenters. The second-order valence-corrected chi connectivity index (χ2v) is 8.03. The molecule has 0 bridgehead atoms. The lowest BCUT2D eigenvalue weighted by atomic mass is 9.78. The van der Waals surface area contributed by atoms with Gasteiger partial charge in [-0.3, -0.25) is 0 Å². The van der Waals surface area contributed by atoms with Crippen LogP contribution in [0.2, 0.25) is 0 Å². The highest BCUT2D eigenvalue weighted by Gasteiger charge is 2.57. The van der Waals surface area contributed by atoms with Gasteiger partial charge in [0.05, 0.1) is 6.10 Å². The minimum Gasteiger partial charge on any atom is -0.459 e. The van der Waals surface area contributed by atoms with Gasteiger partial charge in [-0.25, -0.2) is 4.79 Å². The summed E-state index contributed by atoms with van der Waals surface area (Å²) in [5.41, 5.74) is -1.31. The van der Waals surface area contributed by atoms with Gasteiger partial charge in [0.25, 0.3) is 0 Å². The van der Waals surface area contributed by atoms with Gasteiger partial charge in [0.1, 0.15) is 6.61 Å². The maximum atomic E-state index is 12.5. The van der Waals surface area contributed by atoms with Crippen LogP contribution < -0.4 is 0 Å². The molecule has 2 N–H and O–H groups in total. The van der Waals surface area contributed by atoms with E-state index < -0.39 is 17.4 Å². The van der Waals surface area contributed by atoms with Gasteiger partial charge in [0.2, 0.25) is 11.4 Å². The van der Waals surface area contributed by atoms with Crippen molar-refractivity contribution >= 4 is 5.97 Å². The summed E-state index contributed by atoms with van der Waals surface area (Å²) in [7, 11) is 0. The first kappa shape index (κ1) is 21.9. The molecule has 0 aromatic heterocycles. The number of carbonyl (C=O) groups excluding carboxylic acids is 1. The average molecular weight is 379 g/mol. The smallest absolute Gasteiger partial charge is 0.343 e. The van der Waals surface area contributed by atoms with E-state index in [1.165, 1.54) is 6.92 Å². The molecule has 1 aliphatic heterocycles. The largest absolute Gasteiger partial charge is 0.459 e. The third kappa shape index (κ3) is 5.09. The third-order valence-corrected chi connectivity index (χ3v) is 5.90. The number of benzene rings is 1. The SMILES string of the molecule is CC[C@H](C)C[C@H]1CC[C@](O)([C@](C)(O)C(=O)OCc2ccccc2)O[C@@H]1CC. The second-order valence-electron chi connectivity index (χ2n) is 8.03. The predicted octanol–water partition coefficient (Wildman–Crippen LogP) is 3.81. The molecule has 1 fully saturated rings. The van der Waals surface area contributed by atoms with E-state index in [1.54, 1.807) is 0 Å². The summed E-state index contributed by atoms with van der Waals surface area (Å²) in [6.45, 7) is 7.70. The van der Waals surface area contributed by atoms with Crippen LogP contribution in [0.3, 0.4) is 0 Å². The van der Waals surface area contributed by atoms with Gasteiger partial charge < -0.3 is 19.7 Å². The highest BCUT2D eigenvalue weighted by molar-refractivity contribution is 5.80. The van der Waals surface area contributed by atoms with E-state index in [0.717, 1.165) is 24.8 Å². The summed E-state index contributed by atoms with van der Waals surface area (Å²) in [6, 6.07) is 9.24. The van der Waals surface area contributed by atoms with Gasteiger partial charge in [-0.05, 0) is 43.6 Å². The molecule has 1 heterocycles. The molecule has 5 nitrogen and oxygen atoms in total. The molecule has 0 saturated carbocycles. The molecule has 0 unspecified atom stereocenters. The maximum absolute atomic E-state index is 12.5. The monoisotopic (exact) mass is 378 g/mol. The Morgan fingerprint density at radius 1 is 1.37 bits per heavy atom. The van der Waals surface area contributed by atoms with Gasteiger partial charge in [-0.1, -0.05) is 57.5 Å². The van der Waals surface area contributed by atoms with Crippen molar-refractivity contribution < 1.29 is 24.5 Å². The Kier molecular flexibility index (Phi) is 7.43. The number of aliphatic hydroxyl groups is 2. The van der Waals surface area contributed by atoms with E-state index in [4.69, 9.17) is 9.47 Å². The topological polar surface area (TPSA) is 76.0 Å². The molecule has 1 saturated heterocycles. The number of ether oxygens (including phenoxy) is 2. The molecule has 2 rings (SSSR count). The zero-order valence-corrected chi connectivity index (χ0v) is 17.0. The van der Waals surface area contributed by atoms with Crippen LogP contribution in [-0.2, 0) is 20.9 Å². The number of hydrogen-bond donors (Lipinski definition) is 2. The average Bonchev–Trinajstić information content (AvgIpc) is 2.67. The normalized spacial score (nSPS) is 29.0. The lowest BCUT2D eigenvalue weighted by Gasteiger charge is -2.47. The lowest BCUT2D eigenvalue weighted by Crippen LogP contribution is -2.63. The Bertz CT molecular complexity index is 600.